The minimum absolute atomic E-state index is 0.0164. The number of carbonyl (C=O) groups excluding carboxylic acids is 1. The number of hydrogen-bond donors (Lipinski definition) is 0. The van der Waals surface area contributed by atoms with Gasteiger partial charge in [0, 0.05) is 50.7 Å². The van der Waals surface area contributed by atoms with Gasteiger partial charge in [-0.1, -0.05) is 0 Å². The molecule has 1 spiro atoms. The van der Waals surface area contributed by atoms with E-state index in [1.165, 1.54) is 0 Å². The predicted octanol–water partition coefficient (Wildman–Crippen LogP) is 2.36. The Morgan fingerprint density at radius 2 is 2.16 bits per heavy atom. The van der Waals surface area contributed by atoms with Crippen LogP contribution in [0.4, 0.5) is 0 Å². The average Bonchev–Trinajstić information content (AvgIpc) is 2.63. The molecular formula is C19H30N4O2. The van der Waals surface area contributed by atoms with Crippen LogP contribution >= 0.6 is 0 Å². The molecule has 25 heavy (non-hydrogen) atoms. The predicted molar refractivity (Wildman–Crippen MR) is 96.4 cm³/mol. The fraction of sp³-hybridized carbons (Fsp3) is 0.737. The Kier molecular flexibility index (Phi) is 5.69. The second-order valence-electron chi connectivity index (χ2n) is 7.49. The molecule has 2 aliphatic rings. The molecule has 2 aliphatic heterocycles. The van der Waals surface area contributed by atoms with E-state index in [1.807, 2.05) is 11.8 Å². The number of carbonyl (C=O) groups is 1. The molecule has 1 aromatic rings. The van der Waals surface area contributed by atoms with Crippen molar-refractivity contribution in [1.29, 1.82) is 0 Å². The van der Waals surface area contributed by atoms with Crippen molar-refractivity contribution in [3.05, 3.63) is 24.3 Å². The summed E-state index contributed by atoms with van der Waals surface area (Å²) in [5.41, 5.74) is 0.365. The Bertz CT molecular complexity index is 570. The van der Waals surface area contributed by atoms with Gasteiger partial charge in [-0.2, -0.15) is 0 Å². The number of ether oxygens (including phenoxy) is 1. The summed E-state index contributed by atoms with van der Waals surface area (Å²) in [7, 11) is 0. The highest BCUT2D eigenvalue weighted by molar-refractivity contribution is 5.92. The fourth-order valence-electron chi connectivity index (χ4n) is 4.19. The van der Waals surface area contributed by atoms with E-state index in [1.54, 1.807) is 18.6 Å². The Labute approximate surface area is 150 Å². The summed E-state index contributed by atoms with van der Waals surface area (Å²) < 4.78 is 6.25. The molecule has 1 unspecified atom stereocenters. The van der Waals surface area contributed by atoms with Crippen LogP contribution < -0.4 is 0 Å². The van der Waals surface area contributed by atoms with Gasteiger partial charge in [-0.25, -0.2) is 4.98 Å². The van der Waals surface area contributed by atoms with Crippen molar-refractivity contribution < 1.29 is 9.53 Å². The minimum Gasteiger partial charge on any atom is -0.375 e. The van der Waals surface area contributed by atoms with Crippen molar-refractivity contribution >= 4 is 5.91 Å². The second kappa shape index (κ2) is 7.79. The van der Waals surface area contributed by atoms with Crippen LogP contribution in [-0.4, -0.2) is 69.6 Å². The van der Waals surface area contributed by atoms with Crippen LogP contribution in [0.1, 0.15) is 56.9 Å². The molecule has 6 heteroatoms. The second-order valence-corrected chi connectivity index (χ2v) is 7.49. The van der Waals surface area contributed by atoms with Gasteiger partial charge in [0.2, 0.25) is 0 Å². The van der Waals surface area contributed by atoms with Crippen molar-refractivity contribution in [2.45, 2.75) is 64.1 Å². The highest BCUT2D eigenvalue weighted by Gasteiger charge is 2.42. The molecule has 0 N–H and O–H groups in total. The molecule has 1 amide bonds. The molecule has 0 aromatic carbocycles. The van der Waals surface area contributed by atoms with Crippen molar-refractivity contribution in [3.63, 3.8) is 0 Å². The van der Waals surface area contributed by atoms with E-state index in [0.717, 1.165) is 45.4 Å². The third kappa shape index (κ3) is 4.01. The average molecular weight is 346 g/mol. The van der Waals surface area contributed by atoms with E-state index in [2.05, 4.69) is 28.7 Å². The number of hydrogen-bond acceptors (Lipinski definition) is 5. The molecule has 1 aromatic heterocycles. The van der Waals surface area contributed by atoms with Crippen LogP contribution in [0.5, 0.6) is 0 Å². The summed E-state index contributed by atoms with van der Waals surface area (Å²) in [5.74, 6) is -0.0164. The van der Waals surface area contributed by atoms with Gasteiger partial charge < -0.3 is 14.5 Å². The molecule has 2 saturated heterocycles. The van der Waals surface area contributed by atoms with E-state index < -0.39 is 0 Å². The summed E-state index contributed by atoms with van der Waals surface area (Å²) >= 11 is 0. The Morgan fingerprint density at radius 3 is 2.76 bits per heavy atom. The molecule has 3 rings (SSSR count). The van der Waals surface area contributed by atoms with Gasteiger partial charge >= 0.3 is 0 Å². The molecule has 2 fully saturated rings. The minimum atomic E-state index is -0.0651. The lowest BCUT2D eigenvalue weighted by Gasteiger charge is -2.49. The molecule has 3 heterocycles. The van der Waals surface area contributed by atoms with Gasteiger partial charge in [0.05, 0.1) is 11.8 Å². The zero-order valence-corrected chi connectivity index (χ0v) is 15.6. The standard InChI is InChI=1S/C19H30N4O2/c1-4-23(18(24)17-14-20-8-9-21-17)16-5-12-25-19(13-16)6-10-22(11-7-19)15(2)3/h8-9,14-16H,4-7,10-13H2,1-3H3. The topological polar surface area (TPSA) is 58.6 Å². The van der Waals surface area contributed by atoms with Crippen LogP contribution in [-0.2, 0) is 4.74 Å². The first kappa shape index (κ1) is 18.3. The molecule has 1 atom stereocenters. The number of aromatic nitrogens is 2. The number of amides is 1. The SMILES string of the molecule is CCN(C(=O)c1cnccn1)C1CCOC2(CCN(C(C)C)CC2)C1. The van der Waals surface area contributed by atoms with Gasteiger partial charge in [0.25, 0.3) is 5.91 Å². The highest BCUT2D eigenvalue weighted by atomic mass is 16.5. The normalized spacial score (nSPS) is 23.8. The molecule has 0 saturated carbocycles. The van der Waals surface area contributed by atoms with Gasteiger partial charge in [-0.15, -0.1) is 0 Å². The molecule has 0 aliphatic carbocycles. The Morgan fingerprint density at radius 1 is 1.40 bits per heavy atom. The number of likely N-dealkylation sites (tertiary alicyclic amines) is 1. The molecule has 0 bridgehead atoms. The molecule has 0 radical (unpaired) electrons. The third-order valence-electron chi connectivity index (χ3n) is 5.73. The van der Waals surface area contributed by atoms with Crippen LogP contribution in [0.2, 0.25) is 0 Å². The van der Waals surface area contributed by atoms with Crippen molar-refractivity contribution in [2.24, 2.45) is 0 Å². The first-order valence-corrected chi connectivity index (χ1v) is 9.49. The summed E-state index contributed by atoms with van der Waals surface area (Å²) in [6, 6.07) is 0.806. The van der Waals surface area contributed by atoms with Crippen molar-refractivity contribution in [2.75, 3.05) is 26.2 Å². The van der Waals surface area contributed by atoms with Crippen LogP contribution in [0.25, 0.3) is 0 Å². The van der Waals surface area contributed by atoms with Crippen LogP contribution in [0, 0.1) is 0 Å². The number of piperidine rings is 1. The monoisotopic (exact) mass is 346 g/mol. The maximum Gasteiger partial charge on any atom is 0.274 e. The molecule has 6 nitrogen and oxygen atoms in total. The lowest BCUT2D eigenvalue weighted by Crippen LogP contribution is -2.55. The lowest BCUT2D eigenvalue weighted by molar-refractivity contribution is -0.131. The summed E-state index contributed by atoms with van der Waals surface area (Å²) in [4.78, 5) is 25.6. The lowest BCUT2D eigenvalue weighted by atomic mass is 9.81. The summed E-state index contributed by atoms with van der Waals surface area (Å²) in [6.07, 6.45) is 8.67. The van der Waals surface area contributed by atoms with Gasteiger partial charge in [0.1, 0.15) is 5.69 Å². The maximum atomic E-state index is 12.9. The molecular weight excluding hydrogens is 316 g/mol. The van der Waals surface area contributed by atoms with Crippen molar-refractivity contribution in [1.82, 2.24) is 19.8 Å². The largest absolute Gasteiger partial charge is 0.375 e. The zero-order valence-electron chi connectivity index (χ0n) is 15.6. The smallest absolute Gasteiger partial charge is 0.274 e. The van der Waals surface area contributed by atoms with E-state index in [0.29, 0.717) is 18.3 Å². The fourth-order valence-corrected chi connectivity index (χ4v) is 4.19. The first-order valence-electron chi connectivity index (χ1n) is 9.49. The maximum absolute atomic E-state index is 12.9. The van der Waals surface area contributed by atoms with E-state index >= 15 is 0 Å². The van der Waals surface area contributed by atoms with Gasteiger partial charge in [-0.3, -0.25) is 9.78 Å². The van der Waals surface area contributed by atoms with Gasteiger partial charge in [-0.05, 0) is 46.5 Å². The Hall–Kier alpha value is -1.53. The zero-order chi connectivity index (χ0) is 17.9. The highest BCUT2D eigenvalue weighted by Crippen LogP contribution is 2.37. The van der Waals surface area contributed by atoms with Crippen molar-refractivity contribution in [3.8, 4) is 0 Å². The van der Waals surface area contributed by atoms with Crippen LogP contribution in [0.3, 0.4) is 0 Å². The van der Waals surface area contributed by atoms with Crippen LogP contribution in [0.15, 0.2) is 18.6 Å². The summed E-state index contributed by atoms with van der Waals surface area (Å²) in [5, 5.41) is 0. The third-order valence-corrected chi connectivity index (χ3v) is 5.73. The van der Waals surface area contributed by atoms with Gasteiger partial charge in [0.15, 0.2) is 0 Å². The van der Waals surface area contributed by atoms with E-state index in [-0.39, 0.29) is 17.6 Å². The Balaban J connectivity index is 1.69. The number of rotatable bonds is 4. The first-order chi connectivity index (χ1) is 12.0. The number of nitrogens with zero attached hydrogens (tertiary/aromatic N) is 4. The molecule has 138 valence electrons. The van der Waals surface area contributed by atoms with E-state index in [4.69, 9.17) is 4.74 Å². The summed E-state index contributed by atoms with van der Waals surface area (Å²) in [6.45, 7) is 10.1. The van der Waals surface area contributed by atoms with E-state index in [9.17, 15) is 4.79 Å². The quantitative estimate of drug-likeness (QED) is 0.838.